The van der Waals surface area contributed by atoms with Gasteiger partial charge in [0.1, 0.15) is 4.51 Å². The molecule has 0 radical (unpaired) electrons. The molecule has 0 aliphatic rings. The number of hydrogen-bond acceptors (Lipinski definition) is 5. The second kappa shape index (κ2) is 9.28. The van der Waals surface area contributed by atoms with Gasteiger partial charge in [0, 0.05) is 25.7 Å². The largest absolute Gasteiger partial charge is 0.378 e. The summed E-state index contributed by atoms with van der Waals surface area (Å²) >= 11 is 5.08. The van der Waals surface area contributed by atoms with Gasteiger partial charge in [-0.2, -0.15) is 0 Å². The van der Waals surface area contributed by atoms with E-state index >= 15 is 0 Å². The molecule has 1 aromatic carbocycles. The molecule has 21 heavy (non-hydrogen) atoms. The number of nitrogens with zero attached hydrogens (tertiary/aromatic N) is 2. The van der Waals surface area contributed by atoms with Crippen LogP contribution in [0.1, 0.15) is 32.3 Å². The molecule has 120 valence electrons. The van der Waals surface area contributed by atoms with Crippen molar-refractivity contribution in [2.45, 2.75) is 33.6 Å². The van der Waals surface area contributed by atoms with Crippen LogP contribution in [0.3, 0.4) is 0 Å². The summed E-state index contributed by atoms with van der Waals surface area (Å²) in [6, 6.07) is 0. The molecule has 0 atom stereocenters. The first-order chi connectivity index (χ1) is 10.0. The van der Waals surface area contributed by atoms with Gasteiger partial charge in [-0.3, -0.25) is 4.79 Å². The molecule has 0 aliphatic carbocycles. The van der Waals surface area contributed by atoms with E-state index in [1.54, 1.807) is 0 Å². The van der Waals surface area contributed by atoms with E-state index in [9.17, 15) is 4.79 Å². The average Bonchev–Trinajstić information content (AvgIpc) is 2.47. The number of likely N-dealkylation sites (N-methyl/N-ethyl adjacent to an activating group) is 1. The van der Waals surface area contributed by atoms with Crippen molar-refractivity contribution >= 4 is 17.9 Å². The first-order valence-corrected chi connectivity index (χ1v) is 8.24. The summed E-state index contributed by atoms with van der Waals surface area (Å²) in [5, 5.41) is 0. The summed E-state index contributed by atoms with van der Waals surface area (Å²) < 4.78 is 6.17. The van der Waals surface area contributed by atoms with Gasteiger partial charge in [-0.25, -0.2) is 0 Å². The van der Waals surface area contributed by atoms with Gasteiger partial charge in [-0.05, 0) is 32.9 Å². The fourth-order valence-corrected chi connectivity index (χ4v) is 2.99. The second-order valence-electron chi connectivity index (χ2n) is 5.51. The zero-order valence-corrected chi connectivity index (χ0v) is 14.6. The smallest absolute Gasteiger partial charge is 0.203 e. The van der Waals surface area contributed by atoms with Crippen LogP contribution in [0.5, 0.6) is 0 Å². The van der Waals surface area contributed by atoms with Crippen LogP contribution in [0, 0.1) is 11.4 Å². The van der Waals surface area contributed by atoms with Crippen LogP contribution in [0.15, 0.2) is 4.79 Å². The highest BCUT2D eigenvalue weighted by atomic mass is 32.1. The number of hydrogen-bond donors (Lipinski definition) is 0. The molecule has 0 amide bonds. The van der Waals surface area contributed by atoms with E-state index in [0.29, 0.717) is 11.1 Å². The molecule has 0 N–H and O–H groups in total. The Labute approximate surface area is 133 Å². The quantitative estimate of drug-likeness (QED) is 0.463. The molecule has 0 heterocycles. The molecule has 0 saturated carbocycles. The fraction of sp³-hybridized carbons (Fsp3) is 0.750. The van der Waals surface area contributed by atoms with Gasteiger partial charge in [-0.15, -0.1) is 0 Å². The maximum absolute atomic E-state index is 11.4. The van der Waals surface area contributed by atoms with Crippen LogP contribution in [0.25, 0.3) is 0 Å². The van der Waals surface area contributed by atoms with Crippen LogP contribution in [0.2, 0.25) is 0 Å². The lowest BCUT2D eigenvalue weighted by molar-refractivity contribution is 0.108. The third kappa shape index (κ3) is 5.16. The van der Waals surface area contributed by atoms with E-state index in [1.807, 2.05) is 18.9 Å². The first kappa shape index (κ1) is 18.3. The predicted molar refractivity (Wildman–Crippen MR) is 91.8 cm³/mol. The normalized spacial score (nSPS) is 11.5. The minimum absolute atomic E-state index is 0.0162. The van der Waals surface area contributed by atoms with Crippen molar-refractivity contribution in [1.82, 2.24) is 4.90 Å². The van der Waals surface area contributed by atoms with Gasteiger partial charge in [0.15, 0.2) is 0 Å². The van der Waals surface area contributed by atoms with Gasteiger partial charge in [0.05, 0.1) is 18.9 Å². The molecule has 1 rings (SSSR count). The summed E-state index contributed by atoms with van der Waals surface area (Å²) in [5.74, 6) is 0. The molecular weight excluding hydrogens is 284 g/mol. The SMILES string of the molecule is CCCN(CCC)CCOCCN(C)c1c(C)c(=O)c1=S. The zero-order valence-electron chi connectivity index (χ0n) is 13.8. The minimum Gasteiger partial charge on any atom is -0.378 e. The third-order valence-corrected chi connectivity index (χ3v) is 4.08. The van der Waals surface area contributed by atoms with Crippen molar-refractivity contribution in [2.24, 2.45) is 0 Å². The molecule has 0 saturated heterocycles. The summed E-state index contributed by atoms with van der Waals surface area (Å²) in [7, 11) is 1.96. The molecule has 0 spiro atoms. The molecule has 5 heteroatoms. The predicted octanol–water partition coefficient (Wildman–Crippen LogP) is 2.54. The van der Waals surface area contributed by atoms with Crippen molar-refractivity contribution in [2.75, 3.05) is 51.3 Å². The Morgan fingerprint density at radius 2 is 1.62 bits per heavy atom. The van der Waals surface area contributed by atoms with E-state index in [4.69, 9.17) is 17.0 Å². The van der Waals surface area contributed by atoms with Crippen LogP contribution in [-0.4, -0.2) is 51.3 Å². The molecule has 1 aromatic rings. The van der Waals surface area contributed by atoms with E-state index < -0.39 is 0 Å². The van der Waals surface area contributed by atoms with Crippen LogP contribution < -0.4 is 10.3 Å². The lowest BCUT2D eigenvalue weighted by atomic mass is 10.1. The Hall–Kier alpha value is -0.780. The fourth-order valence-electron chi connectivity index (χ4n) is 2.53. The number of anilines is 1. The molecule has 0 aliphatic heterocycles. The van der Waals surface area contributed by atoms with Gasteiger partial charge < -0.3 is 14.5 Å². The van der Waals surface area contributed by atoms with Gasteiger partial charge in [-0.1, -0.05) is 26.1 Å². The highest BCUT2D eigenvalue weighted by Gasteiger charge is 2.16. The lowest BCUT2D eigenvalue weighted by Crippen LogP contribution is -2.32. The Morgan fingerprint density at radius 3 is 2.14 bits per heavy atom. The molecular formula is C16H28N2O2S. The number of ether oxygens (including phenoxy) is 1. The number of rotatable bonds is 11. The van der Waals surface area contributed by atoms with Crippen LogP contribution in [0.4, 0.5) is 5.69 Å². The van der Waals surface area contributed by atoms with E-state index in [1.165, 1.54) is 12.8 Å². The van der Waals surface area contributed by atoms with Crippen molar-refractivity contribution in [1.29, 1.82) is 0 Å². The average molecular weight is 312 g/mol. The Morgan fingerprint density at radius 1 is 1.05 bits per heavy atom. The Bertz CT molecular complexity index is 489. The Kier molecular flexibility index (Phi) is 8.07. The molecule has 0 fully saturated rings. The highest BCUT2D eigenvalue weighted by Crippen LogP contribution is 2.19. The van der Waals surface area contributed by atoms with Gasteiger partial charge in [0.2, 0.25) is 5.43 Å². The summed E-state index contributed by atoms with van der Waals surface area (Å²) in [6.45, 7) is 11.7. The summed E-state index contributed by atoms with van der Waals surface area (Å²) in [5.41, 5.74) is 1.71. The molecule has 0 bridgehead atoms. The lowest BCUT2D eigenvalue weighted by Gasteiger charge is -2.24. The monoisotopic (exact) mass is 312 g/mol. The first-order valence-electron chi connectivity index (χ1n) is 7.84. The minimum atomic E-state index is 0.0162. The van der Waals surface area contributed by atoms with Gasteiger partial charge in [0.25, 0.3) is 0 Å². The standard InChI is InChI=1S/C16H28N2O2S/c1-5-7-18(8-6-2)10-12-20-11-9-17(4)14-13(3)15(19)16(14)21/h5-12H2,1-4H3. The molecule has 0 unspecified atom stereocenters. The topological polar surface area (TPSA) is 32.8 Å². The third-order valence-electron chi connectivity index (χ3n) is 3.70. The van der Waals surface area contributed by atoms with Crippen LogP contribution >= 0.6 is 12.2 Å². The maximum Gasteiger partial charge on any atom is 0.203 e. The van der Waals surface area contributed by atoms with Crippen molar-refractivity contribution in [3.05, 3.63) is 20.3 Å². The molecule has 4 nitrogen and oxygen atoms in total. The highest BCUT2D eigenvalue weighted by molar-refractivity contribution is 7.71. The van der Waals surface area contributed by atoms with Crippen molar-refractivity contribution < 1.29 is 4.74 Å². The zero-order chi connectivity index (χ0) is 15.8. The summed E-state index contributed by atoms with van der Waals surface area (Å²) in [4.78, 5) is 15.9. The van der Waals surface area contributed by atoms with E-state index in [-0.39, 0.29) is 5.43 Å². The van der Waals surface area contributed by atoms with Crippen molar-refractivity contribution in [3.8, 4) is 0 Å². The van der Waals surface area contributed by atoms with Gasteiger partial charge >= 0.3 is 0 Å². The Balaban J connectivity index is 2.22. The van der Waals surface area contributed by atoms with E-state index in [0.717, 1.165) is 44.0 Å². The van der Waals surface area contributed by atoms with E-state index in [2.05, 4.69) is 18.7 Å². The molecule has 0 aromatic heterocycles. The maximum atomic E-state index is 11.4. The summed E-state index contributed by atoms with van der Waals surface area (Å²) in [6.07, 6.45) is 2.36. The second-order valence-corrected chi connectivity index (χ2v) is 5.92. The van der Waals surface area contributed by atoms with Crippen molar-refractivity contribution in [3.63, 3.8) is 0 Å². The van der Waals surface area contributed by atoms with Crippen LogP contribution in [-0.2, 0) is 4.74 Å².